The van der Waals surface area contributed by atoms with Crippen LogP contribution in [0.2, 0.25) is 0 Å². The number of nitrogens with zero attached hydrogens (tertiary/aromatic N) is 9. The molecular weight excluding hydrogens is 1640 g/mol. The number of rotatable bonds is 9. The lowest BCUT2D eigenvalue weighted by atomic mass is 9.82. The fourth-order valence-corrected chi connectivity index (χ4v) is 21.5. The first-order valence-electron chi connectivity index (χ1n) is 46.4. The van der Waals surface area contributed by atoms with Gasteiger partial charge in [-0.25, -0.2) is 44.9 Å². The van der Waals surface area contributed by atoms with Crippen molar-refractivity contribution in [1.82, 2.24) is 44.9 Å². The molecule has 0 atom stereocenters. The van der Waals surface area contributed by atoms with Crippen LogP contribution in [-0.4, -0.2) is 44.9 Å². The number of fused-ring (bicyclic) bond motifs is 21. The van der Waals surface area contributed by atoms with Gasteiger partial charge in [0.2, 0.25) is 0 Å². The molecule has 0 bridgehead atoms. The van der Waals surface area contributed by atoms with Gasteiger partial charge < -0.3 is 0 Å². The van der Waals surface area contributed by atoms with E-state index in [0.29, 0.717) is 52.4 Å². The highest BCUT2D eigenvalue weighted by atomic mass is 15.1. The van der Waals surface area contributed by atoms with E-state index in [1.165, 1.54) is 137 Å². The van der Waals surface area contributed by atoms with Gasteiger partial charge in [0.15, 0.2) is 52.4 Å². The standard InChI is InChI=1S/3C42H29N3/c1-42(2)37-19-11-10-18-34(37)35-24-30-22-29(21-20-27(30)25-38(35)42)40-43-39(26-12-4-3-5-13-26)44-41(45-40)36-23-28-14-6-7-15-31(28)32-16-8-9-17-33(32)36;1-42(2)37-18-9-8-16-33(37)36-25-35-28(24-38(36)42)14-10-17-34(35)41-44-39(27-12-4-3-5-13-27)43-40(45-41)30-21-22-32-29(23-30)20-19-26-11-6-7-15-31(26)32;1-42(2)37-18-9-8-15-34(37)36-24-28-19-20-29(23-30(28)25-38(36)42)40-43-39(27-12-4-3-5-13-27)44-41(45-40)35-17-10-16-32-31-14-7-6-11-26(31)21-22-33(32)35/h3*3-25H,1-2H3. The highest BCUT2D eigenvalue weighted by molar-refractivity contribution is 6.15. The molecule has 0 amide bonds. The van der Waals surface area contributed by atoms with Crippen molar-refractivity contribution in [3.63, 3.8) is 0 Å². The molecule has 0 spiro atoms. The molecule has 0 N–H and O–H groups in total. The van der Waals surface area contributed by atoms with Crippen molar-refractivity contribution in [3.8, 4) is 136 Å². The van der Waals surface area contributed by atoms with Gasteiger partial charge in [0.25, 0.3) is 0 Å². The molecule has 3 aliphatic carbocycles. The lowest BCUT2D eigenvalue weighted by molar-refractivity contribution is 0.661. The summed E-state index contributed by atoms with van der Waals surface area (Å²) in [6.45, 7) is 13.9. The average Bonchev–Trinajstić information content (AvgIpc) is 1.57. The van der Waals surface area contributed by atoms with E-state index in [2.05, 4.69) is 406 Å². The zero-order valence-corrected chi connectivity index (χ0v) is 75.4. The SMILES string of the molecule is CC1(C)c2ccccc2-c2cc3c(-c4nc(-c5ccccc5)nc(-c5ccc6c(ccc7ccccc76)c5)n4)cccc3cc21.CC1(C)c2ccccc2-c2cc3cc(-c4nc(-c5ccccc5)nc(-c5cc6ccccc6c6ccccc56)n4)ccc3cc21.CC1(C)c2ccccc2-c2cc3ccc(-c4nc(-c5ccccc5)nc(-c5cccc6c5ccc5ccccc56)n4)cc3cc21. The third kappa shape index (κ3) is 13.6. The smallest absolute Gasteiger partial charge is 0.164 e. The minimum absolute atomic E-state index is 0.0326. The lowest BCUT2D eigenvalue weighted by Crippen LogP contribution is -2.14. The van der Waals surface area contributed by atoms with Crippen LogP contribution in [0.15, 0.2) is 419 Å². The van der Waals surface area contributed by atoms with Crippen molar-refractivity contribution in [2.75, 3.05) is 0 Å². The molecule has 0 aliphatic heterocycles. The Morgan fingerprint density at radius 2 is 0.385 bits per heavy atom. The Bertz CT molecular complexity index is 9030. The van der Waals surface area contributed by atoms with E-state index in [0.717, 1.165) is 77.0 Å². The van der Waals surface area contributed by atoms with Gasteiger partial charge in [-0.05, 0) is 224 Å². The molecule has 135 heavy (non-hydrogen) atoms. The van der Waals surface area contributed by atoms with Crippen molar-refractivity contribution in [3.05, 3.63) is 452 Å². The van der Waals surface area contributed by atoms with Gasteiger partial charge in [0.1, 0.15) is 0 Å². The number of aromatic nitrogens is 9. The van der Waals surface area contributed by atoms with Gasteiger partial charge in [0.05, 0.1) is 0 Å². The number of hydrogen-bond acceptors (Lipinski definition) is 9. The van der Waals surface area contributed by atoms with Crippen LogP contribution in [0.5, 0.6) is 0 Å². The van der Waals surface area contributed by atoms with Crippen LogP contribution in [-0.2, 0) is 16.2 Å². The zero-order valence-electron chi connectivity index (χ0n) is 75.4. The first-order chi connectivity index (χ1) is 66.1. The predicted molar refractivity (Wildman–Crippen MR) is 559 cm³/mol. The Kier molecular flexibility index (Phi) is 18.8. The summed E-state index contributed by atoms with van der Waals surface area (Å²) in [5.41, 5.74) is 24.8. The van der Waals surface area contributed by atoms with E-state index < -0.39 is 0 Å². The molecular formula is C126H87N9. The Hall–Kier alpha value is -17.0. The maximum absolute atomic E-state index is 5.17. The van der Waals surface area contributed by atoms with Gasteiger partial charge in [0, 0.05) is 66.3 Å². The highest BCUT2D eigenvalue weighted by Gasteiger charge is 2.39. The summed E-state index contributed by atoms with van der Waals surface area (Å²) in [5.74, 6) is 6.01. The third-order valence-electron chi connectivity index (χ3n) is 28.5. The maximum atomic E-state index is 5.17. The van der Waals surface area contributed by atoms with Gasteiger partial charge in [-0.2, -0.15) is 0 Å². The molecule has 24 aromatic rings. The van der Waals surface area contributed by atoms with Crippen molar-refractivity contribution >= 4 is 97.0 Å². The van der Waals surface area contributed by atoms with E-state index in [1.54, 1.807) is 0 Å². The molecule has 3 heterocycles. The fourth-order valence-electron chi connectivity index (χ4n) is 21.5. The van der Waals surface area contributed by atoms with Crippen LogP contribution in [0.1, 0.15) is 74.9 Å². The monoisotopic (exact) mass is 1730 g/mol. The van der Waals surface area contributed by atoms with Crippen LogP contribution >= 0.6 is 0 Å². The fraction of sp³-hybridized carbons (Fsp3) is 0.0714. The summed E-state index contributed by atoms with van der Waals surface area (Å²) in [6.07, 6.45) is 0. The normalized spacial score (nSPS) is 13.3. The summed E-state index contributed by atoms with van der Waals surface area (Å²) in [7, 11) is 0. The van der Waals surface area contributed by atoms with Crippen LogP contribution < -0.4 is 0 Å². The van der Waals surface area contributed by atoms with Crippen molar-refractivity contribution in [2.24, 2.45) is 0 Å². The topological polar surface area (TPSA) is 116 Å². The largest absolute Gasteiger partial charge is 0.208 e. The molecule has 3 aliphatic rings. The lowest BCUT2D eigenvalue weighted by Gasteiger charge is -2.21. The van der Waals surface area contributed by atoms with Crippen molar-refractivity contribution in [2.45, 2.75) is 57.8 Å². The van der Waals surface area contributed by atoms with E-state index in [9.17, 15) is 0 Å². The number of benzene rings is 21. The molecule has 27 rings (SSSR count). The van der Waals surface area contributed by atoms with Crippen molar-refractivity contribution < 1.29 is 0 Å². The zero-order chi connectivity index (χ0) is 90.4. The molecule has 636 valence electrons. The predicted octanol–water partition coefficient (Wildman–Crippen LogP) is 31.9. The van der Waals surface area contributed by atoms with Crippen molar-refractivity contribution in [1.29, 1.82) is 0 Å². The summed E-state index contributed by atoms with van der Waals surface area (Å²) >= 11 is 0. The maximum Gasteiger partial charge on any atom is 0.164 e. The minimum Gasteiger partial charge on any atom is -0.208 e. The second-order valence-corrected chi connectivity index (χ2v) is 37.5. The highest BCUT2D eigenvalue weighted by Crippen LogP contribution is 2.54. The van der Waals surface area contributed by atoms with Crippen LogP contribution in [0.3, 0.4) is 0 Å². The molecule has 21 aromatic carbocycles. The molecule has 9 nitrogen and oxygen atoms in total. The third-order valence-corrected chi connectivity index (χ3v) is 28.5. The second kappa shape index (κ2) is 31.7. The summed E-state index contributed by atoms with van der Waals surface area (Å²) in [5, 5.41) is 21.5. The Morgan fingerprint density at radius 1 is 0.126 bits per heavy atom. The summed E-state index contributed by atoms with van der Waals surface area (Å²) < 4.78 is 0. The van der Waals surface area contributed by atoms with E-state index in [4.69, 9.17) is 44.9 Å². The molecule has 9 heteroatoms. The number of hydrogen-bond donors (Lipinski definition) is 0. The second-order valence-electron chi connectivity index (χ2n) is 37.5. The molecule has 3 aromatic heterocycles. The first kappa shape index (κ1) is 80.1. The summed E-state index contributed by atoms with van der Waals surface area (Å²) in [4.78, 5) is 45.9. The van der Waals surface area contributed by atoms with Gasteiger partial charge >= 0.3 is 0 Å². The van der Waals surface area contributed by atoms with Crippen LogP contribution in [0.4, 0.5) is 0 Å². The average molecular weight is 1730 g/mol. The molecule has 0 radical (unpaired) electrons. The first-order valence-corrected chi connectivity index (χ1v) is 46.4. The van der Waals surface area contributed by atoms with Gasteiger partial charge in [-0.1, -0.05) is 399 Å². The van der Waals surface area contributed by atoms with Crippen LogP contribution in [0, 0.1) is 0 Å². The Morgan fingerprint density at radius 3 is 0.896 bits per heavy atom. The van der Waals surface area contributed by atoms with Gasteiger partial charge in [-0.15, -0.1) is 0 Å². The molecule has 0 saturated heterocycles. The molecule has 0 fully saturated rings. The minimum atomic E-state index is -0.0600. The van der Waals surface area contributed by atoms with E-state index >= 15 is 0 Å². The van der Waals surface area contributed by atoms with E-state index in [1.807, 2.05) is 54.6 Å². The molecule has 0 saturated carbocycles. The van der Waals surface area contributed by atoms with Gasteiger partial charge in [-0.3, -0.25) is 0 Å². The van der Waals surface area contributed by atoms with E-state index in [-0.39, 0.29) is 16.2 Å². The Balaban J connectivity index is 0.000000108. The summed E-state index contributed by atoms with van der Waals surface area (Å²) in [6, 6.07) is 149. The van der Waals surface area contributed by atoms with Crippen LogP contribution in [0.25, 0.3) is 233 Å². The quantitative estimate of drug-likeness (QED) is 0.130. The Labute approximate surface area is 782 Å². The molecule has 0 unspecified atom stereocenters.